The smallest absolute Gasteiger partial charge is 0.410 e. The fourth-order valence-corrected chi connectivity index (χ4v) is 2.61. The van der Waals surface area contributed by atoms with Gasteiger partial charge in [-0.05, 0) is 48.5 Å². The maximum Gasteiger partial charge on any atom is 0.417 e. The summed E-state index contributed by atoms with van der Waals surface area (Å²) >= 11 is 0. The van der Waals surface area contributed by atoms with Crippen LogP contribution in [-0.2, 0) is 0 Å². The fraction of sp³-hybridized carbons (Fsp3) is 0. The Bertz CT molecular complexity index is 1010. The second-order valence-electron chi connectivity index (χ2n) is 5.48. The maximum atomic E-state index is 11.9. The van der Waals surface area contributed by atoms with Gasteiger partial charge in [0.1, 0.15) is 12.1 Å². The second kappa shape index (κ2) is 6.49. The molecule has 0 unspecified atom stereocenters. The van der Waals surface area contributed by atoms with E-state index < -0.39 is 6.09 Å². The van der Waals surface area contributed by atoms with Crippen molar-refractivity contribution in [3.8, 4) is 11.4 Å². The first-order valence-electron chi connectivity index (χ1n) is 7.86. The predicted molar refractivity (Wildman–Crippen MR) is 97.2 cm³/mol. The number of anilines is 1. The number of nitrogens with one attached hydrogen (secondary N) is 1. The molecular weight excluding hydrogens is 314 g/mol. The van der Waals surface area contributed by atoms with Gasteiger partial charge >= 0.3 is 6.09 Å². The number of aromatic nitrogens is 2. The Morgan fingerprint density at radius 2 is 1.60 bits per heavy atom. The number of nitrogens with zero attached hydrogens (tertiary/aromatic N) is 2. The molecule has 4 rings (SSSR count). The number of amides is 1. The van der Waals surface area contributed by atoms with Crippen LogP contribution < -0.4 is 10.1 Å². The number of benzene rings is 3. The number of carbonyl (C=O) groups excluding carboxylic acids is 1. The molecule has 3 aromatic carbocycles. The third kappa shape index (κ3) is 3.21. The van der Waals surface area contributed by atoms with Crippen molar-refractivity contribution in [2.75, 3.05) is 5.32 Å². The molecule has 0 saturated carbocycles. The number of ether oxygens (including phenoxy) is 1. The highest BCUT2D eigenvalue weighted by Crippen LogP contribution is 2.20. The first-order chi connectivity index (χ1) is 12.3. The Balaban J connectivity index is 1.49. The number of carbonyl (C=O) groups is 1. The monoisotopic (exact) mass is 329 g/mol. The van der Waals surface area contributed by atoms with Crippen molar-refractivity contribution in [1.29, 1.82) is 0 Å². The minimum Gasteiger partial charge on any atom is -0.410 e. The number of para-hydroxylation sites is 3. The van der Waals surface area contributed by atoms with Crippen LogP contribution in [-0.4, -0.2) is 15.6 Å². The van der Waals surface area contributed by atoms with Crippen LogP contribution in [0.2, 0.25) is 0 Å². The van der Waals surface area contributed by atoms with E-state index in [1.54, 1.807) is 18.5 Å². The number of rotatable bonds is 3. The maximum absolute atomic E-state index is 11.9. The molecule has 4 aromatic rings. The highest BCUT2D eigenvalue weighted by Gasteiger charge is 2.06. The molecule has 0 spiro atoms. The molecule has 0 fully saturated rings. The lowest BCUT2D eigenvalue weighted by Crippen LogP contribution is -2.16. The molecule has 0 saturated heterocycles. The van der Waals surface area contributed by atoms with E-state index in [9.17, 15) is 4.79 Å². The van der Waals surface area contributed by atoms with E-state index in [-0.39, 0.29) is 0 Å². The standard InChI is InChI=1S/C20H15N3O2/c24-20(25-17-6-2-1-3-7-17)22-15-10-12-16(13-11-15)23-14-21-18-8-4-5-9-19(18)23/h1-14H,(H,22,24). The molecule has 122 valence electrons. The van der Waals surface area contributed by atoms with Gasteiger partial charge in [0.25, 0.3) is 0 Å². The quantitative estimate of drug-likeness (QED) is 0.596. The van der Waals surface area contributed by atoms with Crippen molar-refractivity contribution in [2.45, 2.75) is 0 Å². The van der Waals surface area contributed by atoms with Crippen molar-refractivity contribution in [3.05, 3.63) is 85.2 Å². The van der Waals surface area contributed by atoms with Gasteiger partial charge in [-0.25, -0.2) is 9.78 Å². The summed E-state index contributed by atoms with van der Waals surface area (Å²) in [7, 11) is 0. The van der Waals surface area contributed by atoms with E-state index >= 15 is 0 Å². The van der Waals surface area contributed by atoms with Crippen LogP contribution >= 0.6 is 0 Å². The summed E-state index contributed by atoms with van der Waals surface area (Å²) in [6, 6.07) is 24.4. The zero-order valence-corrected chi connectivity index (χ0v) is 13.3. The lowest BCUT2D eigenvalue weighted by atomic mass is 10.2. The van der Waals surface area contributed by atoms with Gasteiger partial charge in [-0.1, -0.05) is 30.3 Å². The fourth-order valence-electron chi connectivity index (χ4n) is 2.61. The average molecular weight is 329 g/mol. The lowest BCUT2D eigenvalue weighted by Gasteiger charge is -2.08. The topological polar surface area (TPSA) is 56.2 Å². The summed E-state index contributed by atoms with van der Waals surface area (Å²) in [6.07, 6.45) is 1.27. The molecule has 1 N–H and O–H groups in total. The average Bonchev–Trinajstić information content (AvgIpc) is 3.07. The molecule has 1 amide bonds. The van der Waals surface area contributed by atoms with E-state index in [1.165, 1.54) is 0 Å². The van der Waals surface area contributed by atoms with Crippen LogP contribution in [0, 0.1) is 0 Å². The van der Waals surface area contributed by atoms with E-state index in [0.717, 1.165) is 16.7 Å². The number of hydrogen-bond acceptors (Lipinski definition) is 3. The van der Waals surface area contributed by atoms with Crippen LogP contribution in [0.5, 0.6) is 5.75 Å². The highest BCUT2D eigenvalue weighted by molar-refractivity contribution is 5.86. The zero-order valence-electron chi connectivity index (χ0n) is 13.3. The molecule has 1 aromatic heterocycles. The van der Waals surface area contributed by atoms with E-state index in [1.807, 2.05) is 71.3 Å². The third-order valence-corrected chi connectivity index (χ3v) is 3.80. The van der Waals surface area contributed by atoms with Crippen molar-refractivity contribution in [3.63, 3.8) is 0 Å². The van der Waals surface area contributed by atoms with Crippen LogP contribution in [0.4, 0.5) is 10.5 Å². The SMILES string of the molecule is O=C(Nc1ccc(-n2cnc3ccccc32)cc1)Oc1ccccc1. The summed E-state index contributed by atoms with van der Waals surface area (Å²) in [5, 5.41) is 2.71. The zero-order chi connectivity index (χ0) is 17.1. The summed E-state index contributed by atoms with van der Waals surface area (Å²) in [4.78, 5) is 16.3. The first-order valence-corrected chi connectivity index (χ1v) is 7.86. The van der Waals surface area contributed by atoms with E-state index in [0.29, 0.717) is 11.4 Å². The van der Waals surface area contributed by atoms with Crippen LogP contribution in [0.1, 0.15) is 0 Å². The van der Waals surface area contributed by atoms with Crippen LogP contribution in [0.3, 0.4) is 0 Å². The number of fused-ring (bicyclic) bond motifs is 1. The van der Waals surface area contributed by atoms with E-state index in [2.05, 4.69) is 10.3 Å². The minimum atomic E-state index is -0.521. The Kier molecular flexibility index (Phi) is 3.88. The van der Waals surface area contributed by atoms with Crippen molar-refractivity contribution in [1.82, 2.24) is 9.55 Å². The molecular formula is C20H15N3O2. The van der Waals surface area contributed by atoms with Crippen molar-refractivity contribution < 1.29 is 9.53 Å². The molecule has 0 atom stereocenters. The molecule has 1 heterocycles. The largest absolute Gasteiger partial charge is 0.417 e. The normalized spacial score (nSPS) is 10.6. The number of hydrogen-bond donors (Lipinski definition) is 1. The van der Waals surface area contributed by atoms with Gasteiger partial charge < -0.3 is 4.74 Å². The third-order valence-electron chi connectivity index (χ3n) is 3.80. The molecule has 25 heavy (non-hydrogen) atoms. The summed E-state index contributed by atoms with van der Waals surface area (Å²) < 4.78 is 7.21. The molecule has 0 aliphatic carbocycles. The van der Waals surface area contributed by atoms with E-state index in [4.69, 9.17) is 4.74 Å². The van der Waals surface area contributed by atoms with Crippen LogP contribution in [0.15, 0.2) is 85.2 Å². The molecule has 0 bridgehead atoms. The molecule has 0 aliphatic rings. The summed E-state index contributed by atoms with van der Waals surface area (Å²) in [6.45, 7) is 0. The van der Waals surface area contributed by atoms with Gasteiger partial charge in [0.2, 0.25) is 0 Å². The van der Waals surface area contributed by atoms with Gasteiger partial charge in [-0.3, -0.25) is 9.88 Å². The lowest BCUT2D eigenvalue weighted by molar-refractivity contribution is 0.215. The predicted octanol–water partition coefficient (Wildman–Crippen LogP) is 4.64. The Hall–Kier alpha value is -3.60. The number of imidazole rings is 1. The minimum absolute atomic E-state index is 0.501. The van der Waals surface area contributed by atoms with Crippen molar-refractivity contribution >= 4 is 22.8 Å². The van der Waals surface area contributed by atoms with Gasteiger partial charge in [0.15, 0.2) is 0 Å². The first kappa shape index (κ1) is 15.0. The van der Waals surface area contributed by atoms with Gasteiger partial charge in [-0.15, -0.1) is 0 Å². The summed E-state index contributed by atoms with van der Waals surface area (Å²) in [5.41, 5.74) is 3.60. The second-order valence-corrected chi connectivity index (χ2v) is 5.48. The summed E-state index contributed by atoms with van der Waals surface area (Å²) in [5.74, 6) is 0.501. The molecule has 0 radical (unpaired) electrons. The Morgan fingerprint density at radius 3 is 2.40 bits per heavy atom. The molecule has 5 heteroatoms. The molecule has 0 aliphatic heterocycles. The van der Waals surface area contributed by atoms with Gasteiger partial charge in [0, 0.05) is 11.4 Å². The van der Waals surface area contributed by atoms with Crippen LogP contribution in [0.25, 0.3) is 16.7 Å². The molecule has 5 nitrogen and oxygen atoms in total. The highest BCUT2D eigenvalue weighted by atomic mass is 16.6. The van der Waals surface area contributed by atoms with Crippen molar-refractivity contribution in [2.24, 2.45) is 0 Å². The van der Waals surface area contributed by atoms with Gasteiger partial charge in [0.05, 0.1) is 11.0 Å². The Labute approximate surface area is 144 Å². The Morgan fingerprint density at radius 1 is 0.880 bits per heavy atom. The van der Waals surface area contributed by atoms with Gasteiger partial charge in [-0.2, -0.15) is 0 Å².